The summed E-state index contributed by atoms with van der Waals surface area (Å²) in [6.07, 6.45) is 2.79. The number of halogens is 1. The highest BCUT2D eigenvalue weighted by Crippen LogP contribution is 2.24. The number of nitrogens with zero attached hydrogens (tertiary/aromatic N) is 1. The SMILES string of the molecule is CCNC(Cc1ncccc1C)c1cc(C)cc(Br)c1. The third-order valence-electron chi connectivity index (χ3n) is 3.43. The molecule has 0 saturated heterocycles. The minimum absolute atomic E-state index is 0.296. The first-order valence-corrected chi connectivity index (χ1v) is 7.80. The van der Waals surface area contributed by atoms with Crippen LogP contribution in [0.4, 0.5) is 0 Å². The Labute approximate surface area is 129 Å². The lowest BCUT2D eigenvalue weighted by atomic mass is 9.98. The second-order valence-corrected chi connectivity index (χ2v) is 6.06. The normalized spacial score (nSPS) is 12.4. The molecule has 0 amide bonds. The van der Waals surface area contributed by atoms with Crippen LogP contribution in [0.5, 0.6) is 0 Å². The Morgan fingerprint density at radius 1 is 1.25 bits per heavy atom. The average molecular weight is 333 g/mol. The molecule has 0 aliphatic heterocycles. The van der Waals surface area contributed by atoms with E-state index >= 15 is 0 Å². The largest absolute Gasteiger partial charge is 0.310 e. The number of aryl methyl sites for hydroxylation is 2. The van der Waals surface area contributed by atoms with Crippen molar-refractivity contribution in [2.24, 2.45) is 0 Å². The van der Waals surface area contributed by atoms with Crippen LogP contribution in [0.2, 0.25) is 0 Å². The minimum atomic E-state index is 0.296. The standard InChI is InChI=1S/C17H21BrN2/c1-4-19-17(11-16-13(3)6-5-7-20-16)14-8-12(2)9-15(18)10-14/h5-10,17,19H,4,11H2,1-3H3. The molecule has 1 N–H and O–H groups in total. The van der Waals surface area contributed by atoms with Crippen molar-refractivity contribution >= 4 is 15.9 Å². The molecule has 1 aromatic heterocycles. The Bertz CT molecular complexity index is 561. The monoisotopic (exact) mass is 332 g/mol. The van der Waals surface area contributed by atoms with E-state index in [0.29, 0.717) is 6.04 Å². The van der Waals surface area contributed by atoms with Crippen molar-refractivity contribution in [1.29, 1.82) is 0 Å². The smallest absolute Gasteiger partial charge is 0.0451 e. The number of pyridine rings is 1. The summed E-state index contributed by atoms with van der Waals surface area (Å²) in [7, 11) is 0. The molecule has 0 spiro atoms. The quantitative estimate of drug-likeness (QED) is 0.880. The molecular formula is C17H21BrN2. The molecule has 2 nitrogen and oxygen atoms in total. The maximum atomic E-state index is 4.52. The first-order chi connectivity index (χ1) is 9.60. The van der Waals surface area contributed by atoms with E-state index in [4.69, 9.17) is 0 Å². The van der Waals surface area contributed by atoms with Crippen molar-refractivity contribution in [3.05, 3.63) is 63.4 Å². The number of hydrogen-bond acceptors (Lipinski definition) is 2. The Balaban J connectivity index is 2.29. The second kappa shape index (κ2) is 7.00. The van der Waals surface area contributed by atoms with Gasteiger partial charge in [0.05, 0.1) is 0 Å². The molecule has 0 saturated carbocycles. The first kappa shape index (κ1) is 15.2. The van der Waals surface area contributed by atoms with Gasteiger partial charge in [-0.3, -0.25) is 4.98 Å². The van der Waals surface area contributed by atoms with Crippen LogP contribution in [0.3, 0.4) is 0 Å². The molecule has 3 heteroatoms. The van der Waals surface area contributed by atoms with Gasteiger partial charge in [0.1, 0.15) is 0 Å². The highest BCUT2D eigenvalue weighted by Gasteiger charge is 2.14. The van der Waals surface area contributed by atoms with Crippen molar-refractivity contribution in [3.8, 4) is 0 Å². The van der Waals surface area contributed by atoms with Crippen LogP contribution in [0.1, 0.15) is 35.3 Å². The van der Waals surface area contributed by atoms with Crippen molar-refractivity contribution in [2.75, 3.05) is 6.54 Å². The summed E-state index contributed by atoms with van der Waals surface area (Å²) >= 11 is 3.59. The summed E-state index contributed by atoms with van der Waals surface area (Å²) in [5.74, 6) is 0. The van der Waals surface area contributed by atoms with Crippen molar-refractivity contribution in [2.45, 2.75) is 33.2 Å². The van der Waals surface area contributed by atoms with Gasteiger partial charge < -0.3 is 5.32 Å². The Morgan fingerprint density at radius 2 is 2.05 bits per heavy atom. The third kappa shape index (κ3) is 3.90. The van der Waals surface area contributed by atoms with E-state index in [2.05, 4.69) is 71.3 Å². The zero-order chi connectivity index (χ0) is 14.5. The average Bonchev–Trinajstić information content (AvgIpc) is 2.39. The Hall–Kier alpha value is -1.19. The molecule has 1 heterocycles. The molecule has 0 bridgehead atoms. The zero-order valence-electron chi connectivity index (χ0n) is 12.3. The van der Waals surface area contributed by atoms with E-state index in [1.807, 2.05) is 12.3 Å². The fraction of sp³-hybridized carbons (Fsp3) is 0.353. The summed E-state index contributed by atoms with van der Waals surface area (Å²) in [5, 5.41) is 3.57. The van der Waals surface area contributed by atoms with Gasteiger partial charge >= 0.3 is 0 Å². The first-order valence-electron chi connectivity index (χ1n) is 7.01. The predicted molar refractivity (Wildman–Crippen MR) is 88.0 cm³/mol. The lowest BCUT2D eigenvalue weighted by Gasteiger charge is -2.20. The number of likely N-dealkylation sites (N-methyl/N-ethyl adjacent to an activating group) is 1. The fourth-order valence-corrected chi connectivity index (χ4v) is 3.07. The van der Waals surface area contributed by atoms with Crippen LogP contribution in [0.15, 0.2) is 41.0 Å². The molecule has 1 unspecified atom stereocenters. The lowest BCUT2D eigenvalue weighted by Crippen LogP contribution is -2.23. The number of rotatable bonds is 5. The predicted octanol–water partition coefficient (Wildman–Crippen LogP) is 4.35. The zero-order valence-corrected chi connectivity index (χ0v) is 13.9. The summed E-state index contributed by atoms with van der Waals surface area (Å²) in [4.78, 5) is 4.52. The molecule has 0 fully saturated rings. The Kier molecular flexibility index (Phi) is 5.32. The van der Waals surface area contributed by atoms with Gasteiger partial charge in [0.2, 0.25) is 0 Å². The van der Waals surface area contributed by atoms with Crippen molar-refractivity contribution < 1.29 is 0 Å². The van der Waals surface area contributed by atoms with Gasteiger partial charge in [-0.15, -0.1) is 0 Å². The van der Waals surface area contributed by atoms with Crippen LogP contribution in [0.25, 0.3) is 0 Å². The van der Waals surface area contributed by atoms with E-state index in [-0.39, 0.29) is 0 Å². The van der Waals surface area contributed by atoms with Crippen LogP contribution in [-0.2, 0) is 6.42 Å². The Morgan fingerprint density at radius 3 is 2.70 bits per heavy atom. The maximum Gasteiger partial charge on any atom is 0.0451 e. The van der Waals surface area contributed by atoms with Crippen molar-refractivity contribution in [1.82, 2.24) is 10.3 Å². The summed E-state index contributed by atoms with van der Waals surface area (Å²) < 4.78 is 1.13. The van der Waals surface area contributed by atoms with E-state index in [1.165, 1.54) is 16.7 Å². The van der Waals surface area contributed by atoms with Crippen LogP contribution < -0.4 is 5.32 Å². The number of aromatic nitrogens is 1. The molecule has 1 atom stereocenters. The molecule has 1 aromatic carbocycles. The van der Waals surface area contributed by atoms with Crippen molar-refractivity contribution in [3.63, 3.8) is 0 Å². The molecule has 0 aliphatic carbocycles. The van der Waals surface area contributed by atoms with Crippen LogP contribution >= 0.6 is 15.9 Å². The summed E-state index contributed by atoms with van der Waals surface area (Å²) in [6, 6.07) is 11.0. The topological polar surface area (TPSA) is 24.9 Å². The van der Waals surface area contributed by atoms with E-state index in [0.717, 1.165) is 23.1 Å². The van der Waals surface area contributed by atoms with Gasteiger partial charge in [0.25, 0.3) is 0 Å². The van der Waals surface area contributed by atoms with E-state index < -0.39 is 0 Å². The molecule has 106 valence electrons. The van der Waals surface area contributed by atoms with Gasteiger partial charge in [-0.05, 0) is 55.3 Å². The van der Waals surface area contributed by atoms with E-state index in [9.17, 15) is 0 Å². The van der Waals surface area contributed by atoms with Gasteiger partial charge in [0, 0.05) is 28.8 Å². The van der Waals surface area contributed by atoms with Crippen LogP contribution in [-0.4, -0.2) is 11.5 Å². The highest BCUT2D eigenvalue weighted by atomic mass is 79.9. The molecular weight excluding hydrogens is 312 g/mol. The minimum Gasteiger partial charge on any atom is -0.310 e. The number of nitrogens with one attached hydrogen (secondary N) is 1. The molecule has 0 aliphatic rings. The maximum absolute atomic E-state index is 4.52. The molecule has 0 radical (unpaired) electrons. The summed E-state index contributed by atoms with van der Waals surface area (Å²) in [6.45, 7) is 7.34. The van der Waals surface area contributed by atoms with Gasteiger partial charge in [0.15, 0.2) is 0 Å². The summed E-state index contributed by atoms with van der Waals surface area (Å²) in [5.41, 5.74) is 5.00. The van der Waals surface area contributed by atoms with Gasteiger partial charge in [-0.1, -0.05) is 35.0 Å². The number of hydrogen-bond donors (Lipinski definition) is 1. The fourth-order valence-electron chi connectivity index (χ4n) is 2.45. The van der Waals surface area contributed by atoms with Gasteiger partial charge in [-0.25, -0.2) is 0 Å². The van der Waals surface area contributed by atoms with Crippen LogP contribution in [0, 0.1) is 13.8 Å². The second-order valence-electron chi connectivity index (χ2n) is 5.14. The highest BCUT2D eigenvalue weighted by molar-refractivity contribution is 9.10. The molecule has 2 aromatic rings. The van der Waals surface area contributed by atoms with Gasteiger partial charge in [-0.2, -0.15) is 0 Å². The van der Waals surface area contributed by atoms with E-state index in [1.54, 1.807) is 0 Å². The lowest BCUT2D eigenvalue weighted by molar-refractivity contribution is 0.542. The molecule has 20 heavy (non-hydrogen) atoms. The number of benzene rings is 1. The third-order valence-corrected chi connectivity index (χ3v) is 3.89. The molecule has 2 rings (SSSR count).